The van der Waals surface area contributed by atoms with E-state index in [0.717, 1.165) is 25.9 Å². The molecule has 1 N–H and O–H groups in total. The number of ether oxygens (including phenoxy) is 1. The van der Waals surface area contributed by atoms with Crippen LogP contribution in [0.25, 0.3) is 0 Å². The topological polar surface area (TPSA) is 21.3 Å². The molecule has 1 saturated heterocycles. The second-order valence-electron chi connectivity index (χ2n) is 3.81. The second-order valence-corrected chi connectivity index (χ2v) is 3.81. The predicted molar refractivity (Wildman–Crippen MR) is 53.7 cm³/mol. The SMILES string of the molecule is FC1=CCC(OC2CCNCC2)C=C1. The van der Waals surface area contributed by atoms with Gasteiger partial charge in [0.05, 0.1) is 12.2 Å². The summed E-state index contributed by atoms with van der Waals surface area (Å²) in [5.41, 5.74) is 0. The van der Waals surface area contributed by atoms with E-state index in [-0.39, 0.29) is 11.9 Å². The van der Waals surface area contributed by atoms with Gasteiger partial charge >= 0.3 is 0 Å². The van der Waals surface area contributed by atoms with E-state index in [0.29, 0.717) is 12.5 Å². The summed E-state index contributed by atoms with van der Waals surface area (Å²) in [6, 6.07) is 0. The Morgan fingerprint density at radius 1 is 1.36 bits per heavy atom. The van der Waals surface area contributed by atoms with Gasteiger partial charge in [0.25, 0.3) is 0 Å². The van der Waals surface area contributed by atoms with Gasteiger partial charge in [0, 0.05) is 0 Å². The van der Waals surface area contributed by atoms with Crippen LogP contribution in [0.5, 0.6) is 0 Å². The molecule has 1 heterocycles. The smallest absolute Gasteiger partial charge is 0.119 e. The maximum Gasteiger partial charge on any atom is 0.119 e. The minimum atomic E-state index is -0.143. The molecule has 2 nitrogen and oxygen atoms in total. The summed E-state index contributed by atoms with van der Waals surface area (Å²) in [7, 11) is 0. The highest BCUT2D eigenvalue weighted by atomic mass is 19.1. The Kier molecular flexibility index (Phi) is 3.32. The van der Waals surface area contributed by atoms with Crippen LogP contribution in [-0.2, 0) is 4.74 Å². The van der Waals surface area contributed by atoms with Crippen LogP contribution in [0.1, 0.15) is 19.3 Å². The maximum atomic E-state index is 12.6. The summed E-state index contributed by atoms with van der Waals surface area (Å²) in [6.07, 6.45) is 8.13. The zero-order valence-corrected chi connectivity index (χ0v) is 8.21. The molecule has 1 aliphatic heterocycles. The number of piperidine rings is 1. The first kappa shape index (κ1) is 9.87. The van der Waals surface area contributed by atoms with Crippen LogP contribution in [0.15, 0.2) is 24.1 Å². The Balaban J connectivity index is 1.78. The molecule has 14 heavy (non-hydrogen) atoms. The Labute approximate surface area is 83.8 Å². The minimum Gasteiger partial charge on any atom is -0.370 e. The number of nitrogens with one attached hydrogen (secondary N) is 1. The minimum absolute atomic E-state index is 0.0811. The van der Waals surface area contributed by atoms with Crippen molar-refractivity contribution < 1.29 is 9.13 Å². The molecular weight excluding hydrogens is 181 g/mol. The third-order valence-corrected chi connectivity index (χ3v) is 2.67. The van der Waals surface area contributed by atoms with E-state index in [1.165, 1.54) is 6.08 Å². The largest absolute Gasteiger partial charge is 0.370 e. The lowest BCUT2D eigenvalue weighted by Crippen LogP contribution is -2.34. The zero-order valence-electron chi connectivity index (χ0n) is 8.21. The van der Waals surface area contributed by atoms with E-state index in [1.54, 1.807) is 6.08 Å². The molecule has 0 aromatic heterocycles. The molecule has 2 aliphatic rings. The summed E-state index contributed by atoms with van der Waals surface area (Å²) in [5, 5.41) is 3.29. The second kappa shape index (κ2) is 4.71. The van der Waals surface area contributed by atoms with Gasteiger partial charge in [-0.15, -0.1) is 0 Å². The lowest BCUT2D eigenvalue weighted by atomic mass is 10.1. The van der Waals surface area contributed by atoms with Gasteiger partial charge in [0.2, 0.25) is 0 Å². The quantitative estimate of drug-likeness (QED) is 0.730. The highest BCUT2D eigenvalue weighted by molar-refractivity contribution is 5.18. The van der Waals surface area contributed by atoms with Crippen molar-refractivity contribution in [3.63, 3.8) is 0 Å². The van der Waals surface area contributed by atoms with Gasteiger partial charge in [-0.05, 0) is 44.5 Å². The lowest BCUT2D eigenvalue weighted by Gasteiger charge is -2.27. The van der Waals surface area contributed by atoms with E-state index in [4.69, 9.17) is 4.74 Å². The van der Waals surface area contributed by atoms with Crippen molar-refractivity contribution >= 4 is 0 Å². The van der Waals surface area contributed by atoms with E-state index in [2.05, 4.69) is 5.32 Å². The summed E-state index contributed by atoms with van der Waals surface area (Å²) in [4.78, 5) is 0. The Morgan fingerprint density at radius 2 is 2.14 bits per heavy atom. The molecule has 1 aliphatic carbocycles. The Bertz CT molecular complexity index is 244. The Morgan fingerprint density at radius 3 is 2.79 bits per heavy atom. The molecule has 0 saturated carbocycles. The van der Waals surface area contributed by atoms with E-state index in [9.17, 15) is 4.39 Å². The fourth-order valence-corrected chi connectivity index (χ4v) is 1.85. The van der Waals surface area contributed by atoms with Crippen LogP contribution in [0.2, 0.25) is 0 Å². The van der Waals surface area contributed by atoms with Gasteiger partial charge < -0.3 is 10.1 Å². The average molecular weight is 197 g/mol. The third kappa shape index (κ3) is 2.66. The van der Waals surface area contributed by atoms with Gasteiger partial charge in [-0.25, -0.2) is 4.39 Å². The fraction of sp³-hybridized carbons (Fsp3) is 0.636. The van der Waals surface area contributed by atoms with Crippen molar-refractivity contribution in [3.8, 4) is 0 Å². The van der Waals surface area contributed by atoms with Crippen molar-refractivity contribution in [2.75, 3.05) is 13.1 Å². The van der Waals surface area contributed by atoms with Gasteiger partial charge in [-0.2, -0.15) is 0 Å². The third-order valence-electron chi connectivity index (χ3n) is 2.67. The van der Waals surface area contributed by atoms with E-state index in [1.807, 2.05) is 6.08 Å². The van der Waals surface area contributed by atoms with Crippen LogP contribution in [-0.4, -0.2) is 25.3 Å². The molecular formula is C11H16FNO. The van der Waals surface area contributed by atoms with Crippen LogP contribution in [0, 0.1) is 0 Å². The molecule has 0 bridgehead atoms. The van der Waals surface area contributed by atoms with Gasteiger partial charge in [0.1, 0.15) is 5.83 Å². The zero-order chi connectivity index (χ0) is 9.80. The van der Waals surface area contributed by atoms with Crippen LogP contribution >= 0.6 is 0 Å². The molecule has 0 radical (unpaired) electrons. The molecule has 78 valence electrons. The number of halogens is 1. The standard InChI is InChI=1S/C11H16FNO/c12-9-1-3-10(4-2-9)14-11-5-7-13-8-6-11/h1-3,10-11,13H,4-8H2. The maximum absolute atomic E-state index is 12.6. The van der Waals surface area contributed by atoms with Crippen molar-refractivity contribution in [2.45, 2.75) is 31.5 Å². The van der Waals surface area contributed by atoms with Crippen molar-refractivity contribution in [1.29, 1.82) is 0 Å². The molecule has 1 atom stereocenters. The van der Waals surface area contributed by atoms with Crippen molar-refractivity contribution in [3.05, 3.63) is 24.1 Å². The normalized spacial score (nSPS) is 28.9. The first-order valence-corrected chi connectivity index (χ1v) is 5.24. The number of hydrogen-bond donors (Lipinski definition) is 1. The molecule has 1 unspecified atom stereocenters. The summed E-state index contributed by atoms with van der Waals surface area (Å²) in [5.74, 6) is -0.143. The molecule has 0 aromatic rings. The summed E-state index contributed by atoms with van der Waals surface area (Å²) < 4.78 is 18.5. The molecule has 1 fully saturated rings. The molecule has 2 rings (SSSR count). The van der Waals surface area contributed by atoms with Crippen molar-refractivity contribution in [1.82, 2.24) is 5.32 Å². The molecule has 0 spiro atoms. The van der Waals surface area contributed by atoms with E-state index >= 15 is 0 Å². The van der Waals surface area contributed by atoms with E-state index < -0.39 is 0 Å². The Hall–Kier alpha value is -0.670. The highest BCUT2D eigenvalue weighted by Crippen LogP contribution is 2.18. The lowest BCUT2D eigenvalue weighted by molar-refractivity contribution is -0.00252. The van der Waals surface area contributed by atoms with Gasteiger partial charge in [-0.1, -0.05) is 6.08 Å². The van der Waals surface area contributed by atoms with Crippen LogP contribution < -0.4 is 5.32 Å². The van der Waals surface area contributed by atoms with Crippen molar-refractivity contribution in [2.24, 2.45) is 0 Å². The highest BCUT2D eigenvalue weighted by Gasteiger charge is 2.18. The molecule has 3 heteroatoms. The fourth-order valence-electron chi connectivity index (χ4n) is 1.85. The molecule has 0 aromatic carbocycles. The number of rotatable bonds is 2. The molecule has 0 amide bonds. The number of hydrogen-bond acceptors (Lipinski definition) is 2. The van der Waals surface area contributed by atoms with Gasteiger partial charge in [0.15, 0.2) is 0 Å². The summed E-state index contributed by atoms with van der Waals surface area (Å²) in [6.45, 7) is 2.07. The average Bonchev–Trinajstić information content (AvgIpc) is 2.23. The summed E-state index contributed by atoms with van der Waals surface area (Å²) >= 11 is 0. The van der Waals surface area contributed by atoms with Crippen LogP contribution in [0.4, 0.5) is 4.39 Å². The van der Waals surface area contributed by atoms with Gasteiger partial charge in [-0.3, -0.25) is 0 Å². The first-order chi connectivity index (χ1) is 6.84. The number of allylic oxidation sites excluding steroid dienone is 2. The van der Waals surface area contributed by atoms with Crippen LogP contribution in [0.3, 0.4) is 0 Å². The first-order valence-electron chi connectivity index (χ1n) is 5.24. The monoisotopic (exact) mass is 197 g/mol. The predicted octanol–water partition coefficient (Wildman–Crippen LogP) is 1.94.